The van der Waals surface area contributed by atoms with E-state index in [-0.39, 0.29) is 6.17 Å². The molecule has 0 saturated carbocycles. The van der Waals surface area contributed by atoms with E-state index in [9.17, 15) is 0 Å². The molecule has 0 bridgehead atoms. The third-order valence-electron chi connectivity index (χ3n) is 11.6. The van der Waals surface area contributed by atoms with Gasteiger partial charge in [-0.05, 0) is 86.8 Å². The predicted octanol–water partition coefficient (Wildman–Crippen LogP) is 13.2. The quantitative estimate of drug-likeness (QED) is 0.179. The van der Waals surface area contributed by atoms with Crippen LogP contribution in [0, 0.1) is 0 Å². The number of rotatable bonds is 5. The Morgan fingerprint density at radius 2 is 1.19 bits per heavy atom. The summed E-state index contributed by atoms with van der Waals surface area (Å²) < 4.78 is 9.18. The van der Waals surface area contributed by atoms with Crippen LogP contribution in [0.5, 0.6) is 0 Å². The van der Waals surface area contributed by atoms with Crippen LogP contribution in [0.15, 0.2) is 209 Å². The minimum absolute atomic E-state index is 0.362. The molecule has 11 aromatic rings. The number of amidine groups is 2. The highest BCUT2D eigenvalue weighted by atomic mass is 16.3. The summed E-state index contributed by atoms with van der Waals surface area (Å²) in [5.74, 6) is 1.40. The zero-order valence-electron chi connectivity index (χ0n) is 31.3. The largest absolute Gasteiger partial charge is 0.455 e. The maximum absolute atomic E-state index is 6.82. The number of aliphatic imine (C=N–C) groups is 2. The number of benzene rings is 9. The van der Waals surface area contributed by atoms with E-state index in [0.717, 1.165) is 61.3 Å². The first-order valence-electron chi connectivity index (χ1n) is 19.7. The molecule has 272 valence electrons. The molecular formula is C53H34N4O. The normalized spacial score (nSPS) is 14.4. The molecule has 1 aliphatic rings. The number of fused-ring (bicyclic) bond motifs is 9. The topological polar surface area (TPSA) is 54.8 Å². The summed E-state index contributed by atoms with van der Waals surface area (Å²) in [7, 11) is 0. The lowest BCUT2D eigenvalue weighted by atomic mass is 9.97. The number of nitrogens with one attached hydrogen (secondary N) is 1. The molecule has 3 heterocycles. The molecule has 1 aliphatic heterocycles. The Balaban J connectivity index is 1.02. The van der Waals surface area contributed by atoms with Crippen LogP contribution in [-0.4, -0.2) is 16.2 Å². The highest BCUT2D eigenvalue weighted by Crippen LogP contribution is 2.41. The SMILES string of the molecule is c1ccc(C2=NC(c3cccc4c3oc3cccc(-c5ccc6c(c5)c5ccccc5n6-c5ccccc5)c34)=NC(c3ccc4c(ccc5ccccc54)c3)N2)cc1. The van der Waals surface area contributed by atoms with Crippen LogP contribution in [0.1, 0.15) is 22.9 Å². The first-order chi connectivity index (χ1) is 28.7. The van der Waals surface area contributed by atoms with Gasteiger partial charge < -0.3 is 14.3 Å². The van der Waals surface area contributed by atoms with Gasteiger partial charge in [0, 0.05) is 32.8 Å². The lowest BCUT2D eigenvalue weighted by molar-refractivity contribution is 0.663. The number of hydrogen-bond donors (Lipinski definition) is 1. The van der Waals surface area contributed by atoms with Crippen LogP contribution in [0.4, 0.5) is 0 Å². The molecule has 9 aromatic carbocycles. The first kappa shape index (κ1) is 32.5. The van der Waals surface area contributed by atoms with Crippen molar-refractivity contribution in [2.24, 2.45) is 9.98 Å². The van der Waals surface area contributed by atoms with Crippen molar-refractivity contribution in [1.82, 2.24) is 9.88 Å². The van der Waals surface area contributed by atoms with Crippen molar-refractivity contribution in [3.8, 4) is 16.8 Å². The van der Waals surface area contributed by atoms with E-state index in [1.54, 1.807) is 0 Å². The average molecular weight is 743 g/mol. The standard InChI is InChI=1S/C53H34N4O/c1-3-14-34(15-4-1)51-54-52(37-27-29-40-35(31-37)26-25-33-13-7-8-18-39(33)40)56-53(55-51)44-22-11-21-43-49-41(20-12-24-48(49)58-50(43)44)36-28-30-47-45(32-36)42-19-9-10-23-46(42)57(47)38-16-5-2-6-17-38/h1-32,52H,(H,54,55,56). The van der Waals surface area contributed by atoms with Crippen LogP contribution in [0.2, 0.25) is 0 Å². The average Bonchev–Trinajstić information content (AvgIpc) is 3.85. The van der Waals surface area contributed by atoms with Gasteiger partial charge >= 0.3 is 0 Å². The van der Waals surface area contributed by atoms with Crippen molar-refractivity contribution in [1.29, 1.82) is 0 Å². The van der Waals surface area contributed by atoms with Crippen molar-refractivity contribution in [3.63, 3.8) is 0 Å². The van der Waals surface area contributed by atoms with Gasteiger partial charge in [0.05, 0.1) is 16.6 Å². The molecule has 0 saturated heterocycles. The Kier molecular flexibility index (Phi) is 7.23. The molecule has 58 heavy (non-hydrogen) atoms. The second-order valence-corrected chi connectivity index (χ2v) is 15.0. The summed E-state index contributed by atoms with van der Waals surface area (Å²) in [6, 6.07) is 68.6. The van der Waals surface area contributed by atoms with E-state index in [1.165, 1.54) is 43.4 Å². The Hall–Kier alpha value is -7.76. The fourth-order valence-electron chi connectivity index (χ4n) is 8.94. The molecule has 5 nitrogen and oxygen atoms in total. The molecule has 0 spiro atoms. The van der Waals surface area contributed by atoms with Gasteiger partial charge in [-0.1, -0.05) is 146 Å². The predicted molar refractivity (Wildman–Crippen MR) is 240 cm³/mol. The van der Waals surface area contributed by atoms with Gasteiger partial charge in [0.15, 0.2) is 5.84 Å². The van der Waals surface area contributed by atoms with Crippen LogP contribution in [0.25, 0.3) is 82.1 Å². The van der Waals surface area contributed by atoms with Gasteiger partial charge in [0.1, 0.15) is 23.2 Å². The van der Waals surface area contributed by atoms with Gasteiger partial charge in [-0.2, -0.15) is 0 Å². The number of para-hydroxylation sites is 3. The van der Waals surface area contributed by atoms with Crippen LogP contribution in [0.3, 0.4) is 0 Å². The number of furan rings is 1. The lowest BCUT2D eigenvalue weighted by Crippen LogP contribution is -2.33. The second-order valence-electron chi connectivity index (χ2n) is 15.0. The van der Waals surface area contributed by atoms with Crippen molar-refractivity contribution >= 4 is 77.0 Å². The zero-order chi connectivity index (χ0) is 38.2. The summed E-state index contributed by atoms with van der Waals surface area (Å²) in [6.45, 7) is 0. The Labute approximate surface area is 333 Å². The van der Waals surface area contributed by atoms with E-state index in [2.05, 4.69) is 186 Å². The van der Waals surface area contributed by atoms with Crippen molar-refractivity contribution in [2.75, 3.05) is 0 Å². The molecule has 1 unspecified atom stereocenters. The zero-order valence-corrected chi connectivity index (χ0v) is 31.3. The number of nitrogens with zero attached hydrogens (tertiary/aromatic N) is 3. The molecular weight excluding hydrogens is 709 g/mol. The second kappa shape index (κ2) is 12.9. The van der Waals surface area contributed by atoms with Crippen molar-refractivity contribution in [2.45, 2.75) is 6.17 Å². The third kappa shape index (κ3) is 5.10. The van der Waals surface area contributed by atoms with Crippen molar-refractivity contribution < 1.29 is 4.42 Å². The summed E-state index contributed by atoms with van der Waals surface area (Å²) in [4.78, 5) is 10.5. The fourth-order valence-corrected chi connectivity index (χ4v) is 8.94. The van der Waals surface area contributed by atoms with E-state index in [1.807, 2.05) is 18.2 Å². The molecule has 0 amide bonds. The van der Waals surface area contributed by atoms with Gasteiger partial charge in [0.2, 0.25) is 0 Å². The maximum atomic E-state index is 6.82. The monoisotopic (exact) mass is 742 g/mol. The Morgan fingerprint density at radius 1 is 0.483 bits per heavy atom. The van der Waals surface area contributed by atoms with Crippen molar-refractivity contribution in [3.05, 3.63) is 211 Å². The molecule has 12 rings (SSSR count). The summed E-state index contributed by atoms with van der Waals surface area (Å²) in [6.07, 6.45) is -0.362. The first-order valence-corrected chi connectivity index (χ1v) is 19.7. The highest BCUT2D eigenvalue weighted by Gasteiger charge is 2.25. The van der Waals surface area contributed by atoms with E-state index in [0.29, 0.717) is 5.84 Å². The molecule has 2 aromatic heterocycles. The Morgan fingerprint density at radius 3 is 2.09 bits per heavy atom. The van der Waals surface area contributed by atoms with Gasteiger partial charge in [-0.25, -0.2) is 9.98 Å². The van der Waals surface area contributed by atoms with Gasteiger partial charge in [0.25, 0.3) is 0 Å². The third-order valence-corrected chi connectivity index (χ3v) is 11.6. The lowest BCUT2D eigenvalue weighted by Gasteiger charge is -2.24. The highest BCUT2D eigenvalue weighted by molar-refractivity contribution is 6.22. The Bertz CT molecular complexity index is 3480. The van der Waals surface area contributed by atoms with Crippen LogP contribution in [-0.2, 0) is 0 Å². The minimum atomic E-state index is -0.362. The van der Waals surface area contributed by atoms with E-state index < -0.39 is 0 Å². The summed E-state index contributed by atoms with van der Waals surface area (Å²) >= 11 is 0. The van der Waals surface area contributed by atoms with Crippen LogP contribution < -0.4 is 5.32 Å². The maximum Gasteiger partial charge on any atom is 0.163 e. The molecule has 1 N–H and O–H groups in total. The minimum Gasteiger partial charge on any atom is -0.455 e. The summed E-state index contributed by atoms with van der Waals surface area (Å²) in [5.41, 5.74) is 10.3. The van der Waals surface area contributed by atoms with Gasteiger partial charge in [-0.15, -0.1) is 0 Å². The van der Waals surface area contributed by atoms with Crippen LogP contribution >= 0.6 is 0 Å². The molecule has 5 heteroatoms. The molecule has 0 fully saturated rings. The number of hydrogen-bond acceptors (Lipinski definition) is 4. The molecule has 0 aliphatic carbocycles. The van der Waals surface area contributed by atoms with E-state index >= 15 is 0 Å². The fraction of sp³-hybridized carbons (Fsp3) is 0.0189. The molecule has 0 radical (unpaired) electrons. The summed E-state index contributed by atoms with van der Waals surface area (Å²) in [5, 5.41) is 13.1. The number of aromatic nitrogens is 1. The van der Waals surface area contributed by atoms with Gasteiger partial charge in [-0.3, -0.25) is 0 Å². The smallest absolute Gasteiger partial charge is 0.163 e. The molecule has 1 atom stereocenters. The van der Waals surface area contributed by atoms with E-state index in [4.69, 9.17) is 14.4 Å².